The van der Waals surface area contributed by atoms with Crippen molar-refractivity contribution in [3.63, 3.8) is 0 Å². The van der Waals surface area contributed by atoms with Gasteiger partial charge in [0, 0.05) is 19.3 Å². The third-order valence-electron chi connectivity index (χ3n) is 15.0. The second kappa shape index (κ2) is 70.3. The van der Waals surface area contributed by atoms with Crippen molar-refractivity contribution in [2.24, 2.45) is 0 Å². The van der Waals surface area contributed by atoms with Crippen molar-refractivity contribution >= 4 is 17.9 Å². The zero-order valence-electron chi connectivity index (χ0n) is 54.4. The molecule has 1 unspecified atom stereocenters. The second-order valence-corrected chi connectivity index (χ2v) is 23.1. The van der Waals surface area contributed by atoms with E-state index in [2.05, 4.69) is 142 Å². The van der Waals surface area contributed by atoms with Gasteiger partial charge in [0.25, 0.3) is 0 Å². The fourth-order valence-electron chi connectivity index (χ4n) is 9.73. The lowest BCUT2D eigenvalue weighted by molar-refractivity contribution is -0.167. The summed E-state index contributed by atoms with van der Waals surface area (Å²) in [5, 5.41) is 0. The summed E-state index contributed by atoms with van der Waals surface area (Å²) in [6.45, 7) is 6.46. The standard InChI is InChI=1S/C77H130O6/c1-4-7-10-13-16-18-20-22-24-26-28-30-32-34-36-37-38-39-41-42-44-46-48-50-52-54-56-58-61-64-67-70-76(79)82-73-74(72-81-75(78)69-66-63-60-15-12-9-6-3)83-77(80)71-68-65-62-59-57-55-53-51-49-47-45-43-40-35-33-31-29-27-25-23-21-19-17-14-11-8-5-2/h8,11,17,19-20,22-23,25-26,28-29,31,35,40,45,47,51,53,57,59,74H,4-7,9-10,12-16,18,21,24,27,30,32-34,36-39,41-44,46,48-50,52,54-56,58,60-73H2,1-3H3/b11-8-,19-17-,22-20-,25-23-,28-26-,31-29-,40-35-,47-45-,53-51-,59-57-. The number of ether oxygens (including phenoxy) is 3. The van der Waals surface area contributed by atoms with Crippen LogP contribution in [0.15, 0.2) is 122 Å². The van der Waals surface area contributed by atoms with Crippen molar-refractivity contribution in [2.75, 3.05) is 13.2 Å². The molecule has 0 radical (unpaired) electrons. The van der Waals surface area contributed by atoms with Crippen LogP contribution in [0, 0.1) is 0 Å². The summed E-state index contributed by atoms with van der Waals surface area (Å²) >= 11 is 0. The number of carbonyl (C=O) groups excluding carboxylic acids is 3. The van der Waals surface area contributed by atoms with Crippen LogP contribution in [0.2, 0.25) is 0 Å². The smallest absolute Gasteiger partial charge is 0.306 e. The molecule has 0 saturated carbocycles. The van der Waals surface area contributed by atoms with Crippen LogP contribution in [-0.2, 0) is 28.6 Å². The highest BCUT2D eigenvalue weighted by Crippen LogP contribution is 2.17. The van der Waals surface area contributed by atoms with E-state index in [1.165, 1.54) is 173 Å². The molecule has 83 heavy (non-hydrogen) atoms. The Labute approximate surface area is 513 Å². The third-order valence-corrected chi connectivity index (χ3v) is 15.0. The molecule has 6 heteroatoms. The van der Waals surface area contributed by atoms with Gasteiger partial charge in [0.1, 0.15) is 13.2 Å². The minimum Gasteiger partial charge on any atom is -0.462 e. The van der Waals surface area contributed by atoms with Crippen LogP contribution >= 0.6 is 0 Å². The highest BCUT2D eigenvalue weighted by Gasteiger charge is 2.19. The third kappa shape index (κ3) is 68.5. The van der Waals surface area contributed by atoms with E-state index in [0.717, 1.165) is 109 Å². The number of unbranched alkanes of at least 4 members (excludes halogenated alkanes) is 32. The summed E-state index contributed by atoms with van der Waals surface area (Å²) in [7, 11) is 0. The number of rotatable bonds is 63. The largest absolute Gasteiger partial charge is 0.462 e. The van der Waals surface area contributed by atoms with Gasteiger partial charge in [-0.2, -0.15) is 0 Å². The number of carbonyl (C=O) groups is 3. The van der Waals surface area contributed by atoms with Crippen molar-refractivity contribution in [3.8, 4) is 0 Å². The lowest BCUT2D eigenvalue weighted by Crippen LogP contribution is -2.30. The van der Waals surface area contributed by atoms with E-state index >= 15 is 0 Å². The van der Waals surface area contributed by atoms with Crippen LogP contribution in [0.1, 0.15) is 329 Å². The minimum atomic E-state index is -0.801. The Morgan fingerprint density at radius 2 is 0.470 bits per heavy atom. The fraction of sp³-hybridized carbons (Fsp3) is 0.701. The monoisotopic (exact) mass is 1150 g/mol. The molecule has 1 atom stereocenters. The SMILES string of the molecule is CC/C=C\C/C=C\C/C=C\C/C=C\C/C=C\C/C=C\C/C=C\C/C=C\CCCCC(=O)OC(COC(=O)CCCCCCCCC)COC(=O)CCCCCCCCCCCCCCCCCCCCC/C=C\C/C=C\CCCCCCC. The van der Waals surface area contributed by atoms with Crippen molar-refractivity contribution in [3.05, 3.63) is 122 Å². The zero-order chi connectivity index (χ0) is 59.9. The van der Waals surface area contributed by atoms with Gasteiger partial charge in [0.05, 0.1) is 0 Å². The van der Waals surface area contributed by atoms with Crippen LogP contribution in [0.4, 0.5) is 0 Å². The van der Waals surface area contributed by atoms with E-state index in [1.807, 2.05) is 0 Å². The molecule has 0 aromatic carbocycles. The van der Waals surface area contributed by atoms with Crippen LogP contribution < -0.4 is 0 Å². The summed E-state index contributed by atoms with van der Waals surface area (Å²) in [6.07, 6.45) is 98.3. The molecule has 6 nitrogen and oxygen atoms in total. The summed E-state index contributed by atoms with van der Waals surface area (Å²) in [5.41, 5.74) is 0. The van der Waals surface area contributed by atoms with E-state index < -0.39 is 6.10 Å². The Bertz CT molecular complexity index is 1700. The summed E-state index contributed by atoms with van der Waals surface area (Å²) < 4.78 is 16.8. The molecule has 0 saturated heterocycles. The van der Waals surface area contributed by atoms with Gasteiger partial charge >= 0.3 is 17.9 Å². The quantitative estimate of drug-likeness (QED) is 0.0261. The normalized spacial score (nSPS) is 12.9. The molecule has 0 aliphatic heterocycles. The van der Waals surface area contributed by atoms with E-state index in [9.17, 15) is 14.4 Å². The van der Waals surface area contributed by atoms with E-state index in [0.29, 0.717) is 19.3 Å². The van der Waals surface area contributed by atoms with Crippen LogP contribution in [0.5, 0.6) is 0 Å². The summed E-state index contributed by atoms with van der Waals surface area (Å²) in [4.78, 5) is 38.2. The molecule has 0 rings (SSSR count). The fourth-order valence-corrected chi connectivity index (χ4v) is 9.73. The molecule has 0 amide bonds. The maximum Gasteiger partial charge on any atom is 0.306 e. The van der Waals surface area contributed by atoms with E-state index in [1.54, 1.807) is 0 Å². The first-order valence-electron chi connectivity index (χ1n) is 35.0. The minimum absolute atomic E-state index is 0.0948. The highest BCUT2D eigenvalue weighted by molar-refractivity contribution is 5.71. The first kappa shape index (κ1) is 78.8. The van der Waals surface area contributed by atoms with Gasteiger partial charge < -0.3 is 14.2 Å². The van der Waals surface area contributed by atoms with Gasteiger partial charge in [-0.1, -0.05) is 316 Å². The van der Waals surface area contributed by atoms with Crippen molar-refractivity contribution < 1.29 is 28.6 Å². The Hall–Kier alpha value is -4.19. The van der Waals surface area contributed by atoms with Crippen LogP contribution in [-0.4, -0.2) is 37.2 Å². The molecule has 0 aliphatic carbocycles. The maximum absolute atomic E-state index is 12.9. The number of hydrogen-bond donors (Lipinski definition) is 0. The average Bonchev–Trinajstić information content (AvgIpc) is 3.49. The predicted molar refractivity (Wildman–Crippen MR) is 362 cm³/mol. The molecule has 0 bridgehead atoms. The molecule has 0 aliphatic rings. The zero-order valence-corrected chi connectivity index (χ0v) is 54.4. The Kier molecular flexibility index (Phi) is 66.7. The average molecular weight is 1150 g/mol. The Morgan fingerprint density at radius 3 is 0.759 bits per heavy atom. The lowest BCUT2D eigenvalue weighted by atomic mass is 10.0. The number of allylic oxidation sites excluding steroid dienone is 20. The molecule has 0 aromatic heterocycles. The molecular formula is C77H130O6. The van der Waals surface area contributed by atoms with Crippen LogP contribution in [0.25, 0.3) is 0 Å². The van der Waals surface area contributed by atoms with Crippen molar-refractivity contribution in [2.45, 2.75) is 335 Å². The van der Waals surface area contributed by atoms with E-state index in [4.69, 9.17) is 14.2 Å². The molecule has 474 valence electrons. The van der Waals surface area contributed by atoms with Gasteiger partial charge in [-0.15, -0.1) is 0 Å². The molecule has 0 fully saturated rings. The number of hydrogen-bond acceptors (Lipinski definition) is 6. The van der Waals surface area contributed by atoms with Crippen LogP contribution in [0.3, 0.4) is 0 Å². The Morgan fingerprint density at radius 1 is 0.253 bits per heavy atom. The number of esters is 3. The van der Waals surface area contributed by atoms with Crippen molar-refractivity contribution in [1.29, 1.82) is 0 Å². The van der Waals surface area contributed by atoms with Gasteiger partial charge in [-0.05, 0) is 116 Å². The first-order valence-corrected chi connectivity index (χ1v) is 35.0. The summed E-state index contributed by atoms with van der Waals surface area (Å²) in [5.74, 6) is -0.938. The van der Waals surface area contributed by atoms with Gasteiger partial charge in [0.15, 0.2) is 6.10 Å². The highest BCUT2D eigenvalue weighted by atomic mass is 16.6. The summed E-state index contributed by atoms with van der Waals surface area (Å²) in [6, 6.07) is 0. The topological polar surface area (TPSA) is 78.9 Å². The van der Waals surface area contributed by atoms with Gasteiger partial charge in [0.2, 0.25) is 0 Å². The lowest BCUT2D eigenvalue weighted by Gasteiger charge is -2.18. The van der Waals surface area contributed by atoms with Crippen molar-refractivity contribution in [1.82, 2.24) is 0 Å². The molecular weight excluding hydrogens is 1020 g/mol. The maximum atomic E-state index is 12.9. The predicted octanol–water partition coefficient (Wildman–Crippen LogP) is 24.3. The Balaban J connectivity index is 4.15. The second-order valence-electron chi connectivity index (χ2n) is 23.1. The molecule has 0 spiro atoms. The molecule has 0 N–H and O–H groups in total. The van der Waals surface area contributed by atoms with Gasteiger partial charge in [-0.3, -0.25) is 14.4 Å². The first-order chi connectivity index (χ1) is 41.0. The molecule has 0 heterocycles. The van der Waals surface area contributed by atoms with Gasteiger partial charge in [-0.25, -0.2) is 0 Å². The van der Waals surface area contributed by atoms with E-state index in [-0.39, 0.29) is 37.5 Å². The molecule has 0 aromatic rings.